The van der Waals surface area contributed by atoms with Crippen LogP contribution in [0.5, 0.6) is 0 Å². The largest absolute Gasteiger partial charge is 0.480 e. The van der Waals surface area contributed by atoms with Gasteiger partial charge in [-0.15, -0.1) is 0 Å². The topological polar surface area (TPSA) is 113 Å². The summed E-state index contributed by atoms with van der Waals surface area (Å²) < 4.78 is 0. The molecule has 0 radical (unpaired) electrons. The summed E-state index contributed by atoms with van der Waals surface area (Å²) in [7, 11) is 0. The first-order chi connectivity index (χ1) is 7.25. The Hall–Kier alpha value is -1.14. The third-order valence-electron chi connectivity index (χ3n) is 2.14. The second kappa shape index (κ2) is 6.44. The van der Waals surface area contributed by atoms with Crippen molar-refractivity contribution in [2.45, 2.75) is 45.4 Å². The number of hydrogen-bond acceptors (Lipinski definition) is 4. The second-order valence-electron chi connectivity index (χ2n) is 4.30. The SMILES string of the molecule is CC(C)CC(NC(=O)[C@@H](N)[C@@H](C)O)C(=O)O. The van der Waals surface area contributed by atoms with Gasteiger partial charge in [0.2, 0.25) is 5.91 Å². The summed E-state index contributed by atoms with van der Waals surface area (Å²) in [6, 6.07) is -2.06. The molecule has 6 heteroatoms. The Kier molecular flexibility index (Phi) is 5.98. The molecule has 94 valence electrons. The molecule has 0 saturated heterocycles. The zero-order valence-electron chi connectivity index (χ0n) is 9.80. The molecule has 0 aliphatic rings. The molecule has 0 aromatic carbocycles. The molecule has 16 heavy (non-hydrogen) atoms. The lowest BCUT2D eigenvalue weighted by molar-refractivity contribution is -0.142. The number of nitrogens with one attached hydrogen (secondary N) is 1. The van der Waals surface area contributed by atoms with Crippen LogP contribution < -0.4 is 11.1 Å². The molecule has 5 N–H and O–H groups in total. The molecule has 0 spiro atoms. The maximum Gasteiger partial charge on any atom is 0.326 e. The normalized spacial score (nSPS) is 16.6. The summed E-state index contributed by atoms with van der Waals surface area (Å²) in [5.41, 5.74) is 5.38. The summed E-state index contributed by atoms with van der Waals surface area (Å²) in [5, 5.41) is 20.3. The van der Waals surface area contributed by atoms with Gasteiger partial charge in [-0.25, -0.2) is 4.79 Å². The number of aliphatic carboxylic acids is 1. The van der Waals surface area contributed by atoms with Gasteiger partial charge in [0, 0.05) is 0 Å². The Morgan fingerprint density at radius 3 is 2.12 bits per heavy atom. The van der Waals surface area contributed by atoms with Crippen LogP contribution in [0.3, 0.4) is 0 Å². The average Bonchev–Trinajstić information content (AvgIpc) is 2.14. The molecule has 0 saturated carbocycles. The lowest BCUT2D eigenvalue weighted by Gasteiger charge is -2.20. The van der Waals surface area contributed by atoms with Crippen molar-refractivity contribution in [3.05, 3.63) is 0 Å². The molecule has 0 fully saturated rings. The highest BCUT2D eigenvalue weighted by molar-refractivity contribution is 5.87. The average molecular weight is 232 g/mol. The highest BCUT2D eigenvalue weighted by Gasteiger charge is 2.25. The summed E-state index contributed by atoms with van der Waals surface area (Å²) in [6.07, 6.45) is -0.679. The molecule has 0 bridgehead atoms. The van der Waals surface area contributed by atoms with Gasteiger partial charge < -0.3 is 21.3 Å². The van der Waals surface area contributed by atoms with Gasteiger partial charge in [-0.2, -0.15) is 0 Å². The Balaban J connectivity index is 4.40. The van der Waals surface area contributed by atoms with Crippen LogP contribution in [0.2, 0.25) is 0 Å². The van der Waals surface area contributed by atoms with E-state index in [0.717, 1.165) is 0 Å². The van der Waals surface area contributed by atoms with Gasteiger partial charge >= 0.3 is 5.97 Å². The van der Waals surface area contributed by atoms with E-state index in [-0.39, 0.29) is 5.92 Å². The molecule has 1 amide bonds. The molecule has 0 aliphatic heterocycles. The summed E-state index contributed by atoms with van der Waals surface area (Å²) in [4.78, 5) is 22.3. The predicted octanol–water partition coefficient (Wildman–Crippen LogP) is -0.690. The number of amides is 1. The third kappa shape index (κ3) is 5.09. The van der Waals surface area contributed by atoms with Crippen LogP contribution in [-0.2, 0) is 9.59 Å². The minimum atomic E-state index is -1.10. The molecule has 0 aromatic rings. The highest BCUT2D eigenvalue weighted by Crippen LogP contribution is 2.05. The van der Waals surface area contributed by atoms with Gasteiger partial charge in [-0.3, -0.25) is 4.79 Å². The van der Waals surface area contributed by atoms with E-state index < -0.39 is 30.1 Å². The van der Waals surface area contributed by atoms with E-state index >= 15 is 0 Å². The molecule has 0 aromatic heterocycles. The van der Waals surface area contributed by atoms with Crippen LogP contribution in [0.25, 0.3) is 0 Å². The van der Waals surface area contributed by atoms with E-state index in [1.54, 1.807) is 0 Å². The number of carboxylic acid groups (broad SMARTS) is 1. The van der Waals surface area contributed by atoms with Gasteiger partial charge in [0.05, 0.1) is 6.10 Å². The zero-order chi connectivity index (χ0) is 12.9. The highest BCUT2D eigenvalue weighted by atomic mass is 16.4. The molecule has 0 heterocycles. The minimum absolute atomic E-state index is 0.143. The number of rotatable bonds is 6. The first kappa shape index (κ1) is 14.9. The van der Waals surface area contributed by atoms with E-state index in [1.807, 2.05) is 13.8 Å². The fourth-order valence-electron chi connectivity index (χ4n) is 1.18. The lowest BCUT2D eigenvalue weighted by atomic mass is 10.0. The summed E-state index contributed by atoms with van der Waals surface area (Å²) in [5.74, 6) is -1.60. The van der Waals surface area contributed by atoms with Crippen LogP contribution in [-0.4, -0.2) is 40.3 Å². The quantitative estimate of drug-likeness (QED) is 0.484. The fraction of sp³-hybridized carbons (Fsp3) is 0.800. The smallest absolute Gasteiger partial charge is 0.326 e. The fourth-order valence-corrected chi connectivity index (χ4v) is 1.18. The number of carbonyl (C=O) groups excluding carboxylic acids is 1. The Labute approximate surface area is 94.8 Å². The number of carbonyl (C=O) groups is 2. The molecular formula is C10H20N2O4. The van der Waals surface area contributed by atoms with Crippen LogP contribution >= 0.6 is 0 Å². The van der Waals surface area contributed by atoms with Gasteiger partial charge in [-0.05, 0) is 19.3 Å². The van der Waals surface area contributed by atoms with E-state index in [2.05, 4.69) is 5.32 Å². The summed E-state index contributed by atoms with van der Waals surface area (Å²) >= 11 is 0. The van der Waals surface area contributed by atoms with E-state index in [9.17, 15) is 9.59 Å². The maximum atomic E-state index is 11.4. The molecular weight excluding hydrogens is 212 g/mol. The van der Waals surface area contributed by atoms with Crippen LogP contribution in [0, 0.1) is 5.92 Å². The number of nitrogens with two attached hydrogens (primary N) is 1. The standard InChI is InChI=1S/C10H20N2O4/c1-5(2)4-7(10(15)16)12-9(14)8(11)6(3)13/h5-8,13H,4,11H2,1-3H3,(H,12,14)(H,15,16)/t6-,7?,8+/m1/s1. The van der Waals surface area contributed by atoms with Gasteiger partial charge in [0.15, 0.2) is 0 Å². The Morgan fingerprint density at radius 2 is 1.81 bits per heavy atom. The number of hydrogen-bond donors (Lipinski definition) is 4. The van der Waals surface area contributed by atoms with E-state index in [4.69, 9.17) is 15.9 Å². The lowest BCUT2D eigenvalue weighted by Crippen LogP contribution is -2.52. The first-order valence-corrected chi connectivity index (χ1v) is 5.22. The molecule has 0 aliphatic carbocycles. The number of carboxylic acids is 1. The number of aliphatic hydroxyl groups excluding tert-OH is 1. The predicted molar refractivity (Wildman–Crippen MR) is 58.7 cm³/mol. The molecule has 0 rings (SSSR count). The van der Waals surface area contributed by atoms with Crippen molar-refractivity contribution >= 4 is 11.9 Å². The van der Waals surface area contributed by atoms with Crippen molar-refractivity contribution in [3.63, 3.8) is 0 Å². The van der Waals surface area contributed by atoms with Crippen molar-refractivity contribution in [1.29, 1.82) is 0 Å². The van der Waals surface area contributed by atoms with Crippen molar-refractivity contribution in [2.75, 3.05) is 0 Å². The zero-order valence-corrected chi connectivity index (χ0v) is 9.80. The second-order valence-corrected chi connectivity index (χ2v) is 4.30. The maximum absolute atomic E-state index is 11.4. The van der Waals surface area contributed by atoms with Crippen molar-refractivity contribution in [3.8, 4) is 0 Å². The Bertz CT molecular complexity index is 253. The van der Waals surface area contributed by atoms with Crippen molar-refractivity contribution in [1.82, 2.24) is 5.32 Å². The van der Waals surface area contributed by atoms with Crippen LogP contribution in [0.15, 0.2) is 0 Å². The van der Waals surface area contributed by atoms with Gasteiger partial charge in [0.25, 0.3) is 0 Å². The van der Waals surface area contributed by atoms with Crippen molar-refractivity contribution < 1.29 is 19.8 Å². The third-order valence-corrected chi connectivity index (χ3v) is 2.14. The first-order valence-electron chi connectivity index (χ1n) is 5.22. The molecule has 6 nitrogen and oxygen atoms in total. The Morgan fingerprint density at radius 1 is 1.31 bits per heavy atom. The van der Waals surface area contributed by atoms with E-state index in [1.165, 1.54) is 6.92 Å². The monoisotopic (exact) mass is 232 g/mol. The summed E-state index contributed by atoms with van der Waals surface area (Å²) in [6.45, 7) is 5.09. The van der Waals surface area contributed by atoms with Gasteiger partial charge in [0.1, 0.15) is 12.1 Å². The van der Waals surface area contributed by atoms with Crippen molar-refractivity contribution in [2.24, 2.45) is 11.7 Å². The van der Waals surface area contributed by atoms with Crippen LogP contribution in [0.1, 0.15) is 27.2 Å². The molecule has 3 atom stereocenters. The van der Waals surface area contributed by atoms with Crippen LogP contribution in [0.4, 0.5) is 0 Å². The molecule has 1 unspecified atom stereocenters. The number of aliphatic hydroxyl groups is 1. The van der Waals surface area contributed by atoms with Gasteiger partial charge in [-0.1, -0.05) is 13.8 Å². The minimum Gasteiger partial charge on any atom is -0.480 e. The van der Waals surface area contributed by atoms with E-state index in [0.29, 0.717) is 6.42 Å².